The van der Waals surface area contributed by atoms with Gasteiger partial charge in [0.15, 0.2) is 0 Å². The van der Waals surface area contributed by atoms with E-state index in [4.69, 9.17) is 5.26 Å². The molecular weight excluding hydrogens is 414 g/mol. The molecule has 0 aromatic heterocycles. The summed E-state index contributed by atoms with van der Waals surface area (Å²) in [4.78, 5) is 24.9. The van der Waals surface area contributed by atoms with E-state index in [9.17, 15) is 27.2 Å². The zero-order valence-corrected chi connectivity index (χ0v) is 16.3. The number of rotatable bonds is 5. The van der Waals surface area contributed by atoms with E-state index in [0.29, 0.717) is 6.29 Å². The largest absolute Gasteiger partial charge is 0.397 e. The van der Waals surface area contributed by atoms with Crippen LogP contribution in [0.15, 0.2) is 54.2 Å². The molecule has 0 aliphatic carbocycles. The van der Waals surface area contributed by atoms with Crippen LogP contribution in [-0.4, -0.2) is 24.4 Å². The lowest BCUT2D eigenvalue weighted by Crippen LogP contribution is -2.41. The monoisotopic (exact) mass is 431 g/mol. The highest BCUT2D eigenvalue weighted by molar-refractivity contribution is 6.07. The van der Waals surface area contributed by atoms with Gasteiger partial charge in [-0.3, -0.25) is 9.59 Å². The number of aldehydes is 1. The van der Waals surface area contributed by atoms with Crippen LogP contribution < -0.4 is 10.2 Å². The van der Waals surface area contributed by atoms with E-state index < -0.39 is 29.9 Å². The molecule has 2 aromatic rings. The molecule has 31 heavy (non-hydrogen) atoms. The van der Waals surface area contributed by atoms with Crippen LogP contribution >= 0.6 is 0 Å². The van der Waals surface area contributed by atoms with E-state index in [1.807, 2.05) is 6.07 Å². The molecule has 9 heteroatoms. The zero-order chi connectivity index (χ0) is 22.8. The van der Waals surface area contributed by atoms with E-state index in [1.165, 1.54) is 35.2 Å². The van der Waals surface area contributed by atoms with Crippen LogP contribution in [0.25, 0.3) is 0 Å². The van der Waals surface area contributed by atoms with Gasteiger partial charge in [-0.25, -0.2) is 4.39 Å². The summed E-state index contributed by atoms with van der Waals surface area (Å²) in [5.74, 6) is -3.76. The number of nitrogens with zero attached hydrogens (tertiary/aromatic N) is 2. The lowest BCUT2D eigenvalue weighted by molar-refractivity contribution is -0.164. The van der Waals surface area contributed by atoms with Crippen LogP contribution in [0.4, 0.5) is 28.9 Å². The minimum Gasteiger partial charge on any atom is -0.333 e. The predicted molar refractivity (Wildman–Crippen MR) is 106 cm³/mol. The highest BCUT2D eigenvalue weighted by Gasteiger charge is 2.50. The van der Waals surface area contributed by atoms with Gasteiger partial charge in [0, 0.05) is 17.3 Å². The molecule has 160 valence electrons. The summed E-state index contributed by atoms with van der Waals surface area (Å²) < 4.78 is 55.3. The topological polar surface area (TPSA) is 73.2 Å². The van der Waals surface area contributed by atoms with E-state index in [1.54, 1.807) is 6.92 Å². The minimum absolute atomic E-state index is 0.0497. The number of nitriles is 1. The molecule has 5 nitrogen and oxygen atoms in total. The first-order valence-electron chi connectivity index (χ1n) is 9.33. The van der Waals surface area contributed by atoms with Gasteiger partial charge in [0.2, 0.25) is 0 Å². The van der Waals surface area contributed by atoms with Gasteiger partial charge in [-0.2, -0.15) is 18.4 Å². The number of nitrogens with one attached hydrogen (secondary N) is 1. The van der Waals surface area contributed by atoms with Crippen molar-refractivity contribution in [2.24, 2.45) is 5.92 Å². The smallest absolute Gasteiger partial charge is 0.333 e. The van der Waals surface area contributed by atoms with Crippen LogP contribution in [0.5, 0.6) is 0 Å². The number of hydrogen-bond donors (Lipinski definition) is 1. The average Bonchev–Trinajstić information content (AvgIpc) is 3.15. The van der Waals surface area contributed by atoms with Crippen molar-refractivity contribution in [2.45, 2.75) is 25.6 Å². The Morgan fingerprint density at radius 1 is 1.26 bits per heavy atom. The van der Waals surface area contributed by atoms with Crippen molar-refractivity contribution >= 4 is 23.6 Å². The normalized spacial score (nSPS) is 18.3. The van der Waals surface area contributed by atoms with E-state index in [2.05, 4.69) is 5.32 Å². The fraction of sp³-hybridized carbons (Fsp3) is 0.227. The van der Waals surface area contributed by atoms with Crippen molar-refractivity contribution in [3.8, 4) is 6.07 Å². The third kappa shape index (κ3) is 4.43. The Hall–Kier alpha value is -3.67. The molecule has 1 aliphatic heterocycles. The molecule has 1 aliphatic rings. The number of carbonyl (C=O) groups excluding carboxylic acids is 2. The maximum Gasteiger partial charge on any atom is 0.397 e. The summed E-state index contributed by atoms with van der Waals surface area (Å²) in [6.07, 6.45) is -3.29. The number of benzene rings is 2. The molecule has 2 unspecified atom stereocenters. The van der Waals surface area contributed by atoms with Gasteiger partial charge in [-0.15, -0.1) is 0 Å². The molecular formula is C22H17F4N3O2. The van der Waals surface area contributed by atoms with Crippen molar-refractivity contribution in [2.75, 3.05) is 10.2 Å². The maximum absolute atomic E-state index is 14.2. The molecule has 1 N–H and O–H groups in total. The fourth-order valence-electron chi connectivity index (χ4n) is 3.58. The van der Waals surface area contributed by atoms with Gasteiger partial charge in [-0.1, -0.05) is 13.0 Å². The predicted octanol–water partition coefficient (Wildman–Crippen LogP) is 4.81. The number of hydrogen-bond acceptors (Lipinski definition) is 4. The lowest BCUT2D eigenvalue weighted by Gasteiger charge is -2.32. The number of amides is 1. The minimum atomic E-state index is -4.61. The Labute approximate surface area is 175 Å². The molecule has 3 rings (SSSR count). The second kappa shape index (κ2) is 8.60. The number of carbonyl (C=O) groups is 2. The van der Waals surface area contributed by atoms with Gasteiger partial charge in [0.05, 0.1) is 23.2 Å². The van der Waals surface area contributed by atoms with Crippen molar-refractivity contribution in [3.05, 3.63) is 71.2 Å². The first kappa shape index (κ1) is 22.0. The molecule has 2 aromatic carbocycles. The summed E-state index contributed by atoms with van der Waals surface area (Å²) in [6, 6.07) is 10.0. The van der Waals surface area contributed by atoms with Crippen LogP contribution in [0.3, 0.4) is 0 Å². The molecule has 0 saturated carbocycles. The zero-order valence-electron chi connectivity index (χ0n) is 16.3. The third-order valence-corrected chi connectivity index (χ3v) is 5.00. The third-order valence-electron chi connectivity index (χ3n) is 5.00. The average molecular weight is 431 g/mol. The Morgan fingerprint density at radius 2 is 2.00 bits per heavy atom. The molecule has 0 bridgehead atoms. The molecule has 1 amide bonds. The molecule has 0 saturated heterocycles. The van der Waals surface area contributed by atoms with Crippen molar-refractivity contribution in [1.29, 1.82) is 5.26 Å². The number of alkyl halides is 3. The first-order valence-corrected chi connectivity index (χ1v) is 9.33. The Kier molecular flexibility index (Phi) is 6.11. The van der Waals surface area contributed by atoms with Crippen molar-refractivity contribution < 1.29 is 27.2 Å². The second-order valence-electron chi connectivity index (χ2n) is 6.94. The van der Waals surface area contributed by atoms with Crippen molar-refractivity contribution in [1.82, 2.24) is 0 Å². The molecule has 1 heterocycles. The van der Waals surface area contributed by atoms with Gasteiger partial charge in [0.25, 0.3) is 5.91 Å². The van der Waals surface area contributed by atoms with Crippen LogP contribution in [0.1, 0.15) is 29.3 Å². The molecule has 0 fully saturated rings. The van der Waals surface area contributed by atoms with E-state index in [0.717, 1.165) is 18.2 Å². The fourth-order valence-corrected chi connectivity index (χ4v) is 3.58. The van der Waals surface area contributed by atoms with Gasteiger partial charge in [-0.05, 0) is 48.9 Å². The van der Waals surface area contributed by atoms with Crippen LogP contribution in [-0.2, 0) is 4.79 Å². The summed E-state index contributed by atoms with van der Waals surface area (Å²) in [5.41, 5.74) is -0.0588. The van der Waals surface area contributed by atoms with Crippen LogP contribution in [0.2, 0.25) is 0 Å². The van der Waals surface area contributed by atoms with Crippen LogP contribution in [0, 0.1) is 23.1 Å². The van der Waals surface area contributed by atoms with Gasteiger partial charge < -0.3 is 10.2 Å². The summed E-state index contributed by atoms with van der Waals surface area (Å²) in [7, 11) is 0. The Morgan fingerprint density at radius 3 is 2.58 bits per heavy atom. The number of halogens is 4. The Bertz CT molecular complexity index is 1090. The molecule has 2 atom stereocenters. The van der Waals surface area contributed by atoms with E-state index in [-0.39, 0.29) is 34.6 Å². The van der Waals surface area contributed by atoms with Crippen molar-refractivity contribution in [3.63, 3.8) is 0 Å². The van der Waals surface area contributed by atoms with Gasteiger partial charge >= 0.3 is 6.18 Å². The van der Waals surface area contributed by atoms with E-state index >= 15 is 0 Å². The lowest BCUT2D eigenvalue weighted by atomic mass is 9.98. The second-order valence-corrected chi connectivity index (χ2v) is 6.94. The Balaban J connectivity index is 2.03. The summed E-state index contributed by atoms with van der Waals surface area (Å²) >= 11 is 0. The highest BCUT2D eigenvalue weighted by atomic mass is 19.4. The summed E-state index contributed by atoms with van der Waals surface area (Å²) in [5, 5.41) is 11.4. The maximum atomic E-state index is 14.2. The molecule has 0 spiro atoms. The standard InChI is InChI=1S/C22H17F4N3O2/c1-2-19-16(22(24,25)26)10-20(29(19)15-5-3-4-13(8-15)11-27)21(31)28-18-7-6-14(12-30)9-17(18)23/h3-10,12,16,19H,2H2,1H3,(H,28,31). The SMILES string of the molecule is CCC1C(C(F)(F)F)C=C(C(=O)Nc2ccc(C=O)cc2F)N1c1cccc(C#N)c1. The highest BCUT2D eigenvalue weighted by Crippen LogP contribution is 2.43. The summed E-state index contributed by atoms with van der Waals surface area (Å²) in [6.45, 7) is 1.57. The quantitative estimate of drug-likeness (QED) is 0.545. The van der Waals surface area contributed by atoms with Gasteiger partial charge in [0.1, 0.15) is 17.8 Å². The number of anilines is 2. The first-order chi connectivity index (χ1) is 14.7. The molecule has 0 radical (unpaired) electrons.